The van der Waals surface area contributed by atoms with E-state index in [0.717, 1.165) is 12.8 Å². The Bertz CT molecular complexity index is 481. The molecular weight excluding hydrogens is 260 g/mol. The van der Waals surface area contributed by atoms with Crippen LogP contribution < -0.4 is 20.7 Å². The summed E-state index contributed by atoms with van der Waals surface area (Å²) >= 11 is 0. The standard InChI is InChI=1S/C12H20N6O2/c1-3-6-20-12-16-10(14-2)15-11(17-12)18-5-4-8(7-18)9(13)19/h8H,3-7H2,1-2H3,(H2,13,19)(H,14,15,16,17). The highest BCUT2D eigenvalue weighted by Gasteiger charge is 2.28. The highest BCUT2D eigenvalue weighted by atomic mass is 16.5. The second-order valence-corrected chi connectivity index (χ2v) is 4.67. The molecule has 1 aromatic heterocycles. The molecular formula is C12H20N6O2. The summed E-state index contributed by atoms with van der Waals surface area (Å²) in [5, 5.41) is 2.88. The third-order valence-electron chi connectivity index (χ3n) is 3.14. The van der Waals surface area contributed by atoms with E-state index in [2.05, 4.69) is 20.3 Å². The Labute approximate surface area is 117 Å². The molecule has 0 spiro atoms. The average Bonchev–Trinajstić information content (AvgIpc) is 2.94. The first-order valence-corrected chi connectivity index (χ1v) is 6.75. The third kappa shape index (κ3) is 3.25. The number of primary amides is 1. The molecule has 8 heteroatoms. The Kier molecular flexibility index (Phi) is 4.54. The van der Waals surface area contributed by atoms with E-state index in [1.165, 1.54) is 0 Å². The van der Waals surface area contributed by atoms with Crippen molar-refractivity contribution >= 4 is 17.8 Å². The molecule has 1 amide bonds. The number of nitrogens with one attached hydrogen (secondary N) is 1. The number of amides is 1. The van der Waals surface area contributed by atoms with E-state index < -0.39 is 0 Å². The van der Waals surface area contributed by atoms with E-state index in [0.29, 0.717) is 37.6 Å². The molecule has 2 rings (SSSR count). The van der Waals surface area contributed by atoms with Gasteiger partial charge in [0.2, 0.25) is 17.8 Å². The van der Waals surface area contributed by atoms with Gasteiger partial charge in [-0.15, -0.1) is 0 Å². The summed E-state index contributed by atoms with van der Waals surface area (Å²) in [6, 6.07) is 0.295. The SMILES string of the molecule is CCCOc1nc(NC)nc(N2CCC(C(N)=O)C2)n1. The second kappa shape index (κ2) is 6.36. The normalized spacial score (nSPS) is 18.1. The molecule has 0 radical (unpaired) electrons. The lowest BCUT2D eigenvalue weighted by molar-refractivity contribution is -0.121. The van der Waals surface area contributed by atoms with Crippen molar-refractivity contribution in [2.75, 3.05) is 37.0 Å². The number of nitrogens with zero attached hydrogens (tertiary/aromatic N) is 4. The van der Waals surface area contributed by atoms with E-state index in [-0.39, 0.29) is 11.8 Å². The smallest absolute Gasteiger partial charge is 0.323 e. The highest BCUT2D eigenvalue weighted by Crippen LogP contribution is 2.22. The Morgan fingerprint density at radius 2 is 2.30 bits per heavy atom. The van der Waals surface area contributed by atoms with E-state index in [9.17, 15) is 4.79 Å². The molecule has 8 nitrogen and oxygen atoms in total. The summed E-state index contributed by atoms with van der Waals surface area (Å²) in [4.78, 5) is 25.9. The molecule has 1 aromatic rings. The van der Waals surface area contributed by atoms with Crippen molar-refractivity contribution in [2.45, 2.75) is 19.8 Å². The van der Waals surface area contributed by atoms with Gasteiger partial charge in [0.25, 0.3) is 0 Å². The maximum atomic E-state index is 11.2. The molecule has 1 saturated heterocycles. The molecule has 0 aliphatic carbocycles. The molecule has 1 unspecified atom stereocenters. The molecule has 110 valence electrons. The van der Waals surface area contributed by atoms with Crippen LogP contribution in [-0.2, 0) is 4.79 Å². The third-order valence-corrected chi connectivity index (χ3v) is 3.14. The summed E-state index contributed by atoms with van der Waals surface area (Å²) in [6.07, 6.45) is 1.60. The Morgan fingerprint density at radius 3 is 2.90 bits per heavy atom. The average molecular weight is 280 g/mol. The fourth-order valence-corrected chi connectivity index (χ4v) is 2.03. The monoisotopic (exact) mass is 280 g/mol. The molecule has 0 aromatic carbocycles. The van der Waals surface area contributed by atoms with Gasteiger partial charge in [0, 0.05) is 20.1 Å². The van der Waals surface area contributed by atoms with Crippen LogP contribution in [0.15, 0.2) is 0 Å². The van der Waals surface area contributed by atoms with Crippen LogP contribution in [0.1, 0.15) is 19.8 Å². The number of hydrogen-bond donors (Lipinski definition) is 2. The number of ether oxygens (including phenoxy) is 1. The first kappa shape index (κ1) is 14.3. The first-order chi connectivity index (χ1) is 9.63. The van der Waals surface area contributed by atoms with Gasteiger partial charge in [0.15, 0.2) is 0 Å². The van der Waals surface area contributed by atoms with Crippen molar-refractivity contribution in [1.29, 1.82) is 0 Å². The fraction of sp³-hybridized carbons (Fsp3) is 0.667. The number of anilines is 2. The van der Waals surface area contributed by atoms with Crippen molar-refractivity contribution in [3.8, 4) is 6.01 Å². The molecule has 2 heterocycles. The van der Waals surface area contributed by atoms with E-state index >= 15 is 0 Å². The van der Waals surface area contributed by atoms with Gasteiger partial charge in [-0.25, -0.2) is 0 Å². The Morgan fingerprint density at radius 1 is 1.50 bits per heavy atom. The maximum Gasteiger partial charge on any atom is 0.323 e. The number of hydrogen-bond acceptors (Lipinski definition) is 7. The van der Waals surface area contributed by atoms with Gasteiger partial charge >= 0.3 is 6.01 Å². The first-order valence-electron chi connectivity index (χ1n) is 6.75. The van der Waals surface area contributed by atoms with Crippen LogP contribution in [0.2, 0.25) is 0 Å². The van der Waals surface area contributed by atoms with Gasteiger partial charge in [-0.1, -0.05) is 6.92 Å². The minimum atomic E-state index is -0.280. The van der Waals surface area contributed by atoms with Crippen LogP contribution in [0.4, 0.5) is 11.9 Å². The van der Waals surface area contributed by atoms with E-state index in [4.69, 9.17) is 10.5 Å². The highest BCUT2D eigenvalue weighted by molar-refractivity contribution is 5.78. The quantitative estimate of drug-likeness (QED) is 0.756. The van der Waals surface area contributed by atoms with Crippen molar-refractivity contribution in [3.05, 3.63) is 0 Å². The zero-order valence-electron chi connectivity index (χ0n) is 11.8. The van der Waals surface area contributed by atoms with Gasteiger partial charge in [0.05, 0.1) is 12.5 Å². The molecule has 3 N–H and O–H groups in total. The van der Waals surface area contributed by atoms with Crippen LogP contribution in [0.25, 0.3) is 0 Å². The minimum absolute atomic E-state index is 0.148. The fourth-order valence-electron chi connectivity index (χ4n) is 2.03. The molecule has 0 bridgehead atoms. The second-order valence-electron chi connectivity index (χ2n) is 4.67. The van der Waals surface area contributed by atoms with Crippen molar-refractivity contribution in [2.24, 2.45) is 11.7 Å². The number of nitrogens with two attached hydrogens (primary N) is 1. The van der Waals surface area contributed by atoms with Gasteiger partial charge < -0.3 is 20.7 Å². The van der Waals surface area contributed by atoms with Gasteiger partial charge in [0.1, 0.15) is 0 Å². The van der Waals surface area contributed by atoms with Crippen LogP contribution in [0, 0.1) is 5.92 Å². The summed E-state index contributed by atoms with van der Waals surface area (Å²) in [6.45, 7) is 3.80. The van der Waals surface area contributed by atoms with Crippen LogP contribution >= 0.6 is 0 Å². The van der Waals surface area contributed by atoms with Crippen LogP contribution in [0.5, 0.6) is 6.01 Å². The Balaban J connectivity index is 2.16. The van der Waals surface area contributed by atoms with E-state index in [1.807, 2.05) is 11.8 Å². The number of carbonyl (C=O) groups is 1. The van der Waals surface area contributed by atoms with Gasteiger partial charge in [-0.2, -0.15) is 15.0 Å². The number of rotatable bonds is 6. The topological polar surface area (TPSA) is 106 Å². The van der Waals surface area contributed by atoms with Gasteiger partial charge in [-0.3, -0.25) is 4.79 Å². The minimum Gasteiger partial charge on any atom is -0.463 e. The molecule has 1 aliphatic rings. The molecule has 1 fully saturated rings. The molecule has 1 aliphatic heterocycles. The largest absolute Gasteiger partial charge is 0.463 e. The summed E-state index contributed by atoms with van der Waals surface area (Å²) in [5.41, 5.74) is 5.33. The van der Waals surface area contributed by atoms with Crippen molar-refractivity contribution in [1.82, 2.24) is 15.0 Å². The van der Waals surface area contributed by atoms with Gasteiger partial charge in [-0.05, 0) is 12.8 Å². The maximum absolute atomic E-state index is 11.2. The van der Waals surface area contributed by atoms with Crippen molar-refractivity contribution < 1.29 is 9.53 Å². The lowest BCUT2D eigenvalue weighted by Gasteiger charge is -2.17. The Hall–Kier alpha value is -2.12. The van der Waals surface area contributed by atoms with E-state index in [1.54, 1.807) is 7.05 Å². The molecule has 1 atom stereocenters. The zero-order valence-corrected chi connectivity index (χ0v) is 11.8. The number of aromatic nitrogens is 3. The summed E-state index contributed by atoms with van der Waals surface area (Å²) in [5.74, 6) is 0.533. The zero-order chi connectivity index (χ0) is 14.5. The molecule has 0 saturated carbocycles. The van der Waals surface area contributed by atoms with Crippen LogP contribution in [-0.4, -0.2) is 47.6 Å². The van der Waals surface area contributed by atoms with Crippen molar-refractivity contribution in [3.63, 3.8) is 0 Å². The summed E-state index contributed by atoms with van der Waals surface area (Å²) in [7, 11) is 1.74. The lowest BCUT2D eigenvalue weighted by atomic mass is 10.1. The predicted molar refractivity (Wildman–Crippen MR) is 74.7 cm³/mol. The summed E-state index contributed by atoms with van der Waals surface area (Å²) < 4.78 is 5.45. The lowest BCUT2D eigenvalue weighted by Crippen LogP contribution is -2.28. The van der Waals surface area contributed by atoms with Crippen LogP contribution in [0.3, 0.4) is 0 Å². The molecule has 20 heavy (non-hydrogen) atoms. The number of carbonyl (C=O) groups excluding carboxylic acids is 1. The predicted octanol–water partition coefficient (Wildman–Crippen LogP) is 0.0137.